The number of amides is 1. The summed E-state index contributed by atoms with van der Waals surface area (Å²) in [6, 6.07) is 5.64. The van der Waals surface area contributed by atoms with Crippen molar-refractivity contribution in [2.45, 2.75) is 19.4 Å². The lowest BCUT2D eigenvalue weighted by Gasteiger charge is -2.46. The van der Waals surface area contributed by atoms with E-state index < -0.39 is 5.54 Å². The molecule has 0 unspecified atom stereocenters. The fourth-order valence-electron chi connectivity index (χ4n) is 2.58. The summed E-state index contributed by atoms with van der Waals surface area (Å²) in [5.74, 6) is 0.737. The van der Waals surface area contributed by atoms with Gasteiger partial charge in [0.1, 0.15) is 11.3 Å². The molecule has 1 aliphatic rings. The molecule has 2 rings (SSSR count). The third kappa shape index (κ3) is 2.09. The smallest absolute Gasteiger partial charge is 0.247 e. The lowest BCUT2D eigenvalue weighted by atomic mass is 9.96. The number of benzene rings is 1. The lowest BCUT2D eigenvalue weighted by molar-refractivity contribution is -0.136. The number of likely N-dealkylation sites (N-methyl/N-ethyl adjacent to an activating group) is 1. The molecular formula is C14H21N3O2. The Balaban J connectivity index is 2.44. The lowest BCUT2D eigenvalue weighted by Crippen LogP contribution is -2.62. The van der Waals surface area contributed by atoms with E-state index in [1.54, 1.807) is 12.0 Å². The molecule has 0 atom stereocenters. The molecule has 104 valence electrons. The first kappa shape index (κ1) is 13.5. The number of para-hydroxylation sites is 1. The van der Waals surface area contributed by atoms with E-state index in [2.05, 4.69) is 0 Å². The standard InChI is InChI=1S/C14H21N3O2/c1-14(2)13(18)16(3)8-9-17(14)10-6-5-7-11(19-4)12(10)15/h5-7H,8-9,15H2,1-4H3. The molecular weight excluding hydrogens is 242 g/mol. The fourth-order valence-corrected chi connectivity index (χ4v) is 2.58. The average Bonchev–Trinajstić information content (AvgIpc) is 2.37. The van der Waals surface area contributed by atoms with Gasteiger partial charge in [0.15, 0.2) is 0 Å². The Bertz CT molecular complexity index is 499. The SMILES string of the molecule is COc1cccc(N2CCN(C)C(=O)C2(C)C)c1N. The van der Waals surface area contributed by atoms with Crippen molar-refractivity contribution in [3.8, 4) is 5.75 Å². The van der Waals surface area contributed by atoms with Gasteiger partial charge in [0.25, 0.3) is 0 Å². The molecule has 0 aromatic heterocycles. The molecule has 0 aliphatic carbocycles. The van der Waals surface area contributed by atoms with Crippen LogP contribution < -0.4 is 15.4 Å². The summed E-state index contributed by atoms with van der Waals surface area (Å²) in [5.41, 5.74) is 6.96. The van der Waals surface area contributed by atoms with Crippen molar-refractivity contribution in [3.05, 3.63) is 18.2 Å². The van der Waals surface area contributed by atoms with Crippen molar-refractivity contribution in [1.82, 2.24) is 4.90 Å². The molecule has 0 spiro atoms. The van der Waals surface area contributed by atoms with Gasteiger partial charge < -0.3 is 20.3 Å². The average molecular weight is 263 g/mol. The van der Waals surface area contributed by atoms with Gasteiger partial charge in [-0.05, 0) is 26.0 Å². The molecule has 0 bridgehead atoms. The number of ether oxygens (including phenoxy) is 1. The Morgan fingerprint density at radius 3 is 2.63 bits per heavy atom. The first-order valence-electron chi connectivity index (χ1n) is 6.35. The van der Waals surface area contributed by atoms with Gasteiger partial charge >= 0.3 is 0 Å². The molecule has 1 aromatic carbocycles. The van der Waals surface area contributed by atoms with E-state index in [0.717, 1.165) is 12.2 Å². The van der Waals surface area contributed by atoms with E-state index in [0.29, 0.717) is 18.0 Å². The highest BCUT2D eigenvalue weighted by Crippen LogP contribution is 2.37. The summed E-state index contributed by atoms with van der Waals surface area (Å²) in [5, 5.41) is 0. The molecule has 1 aromatic rings. The van der Waals surface area contributed by atoms with Gasteiger partial charge in [0.2, 0.25) is 5.91 Å². The zero-order valence-electron chi connectivity index (χ0n) is 11.9. The number of nitrogens with zero attached hydrogens (tertiary/aromatic N) is 2. The summed E-state index contributed by atoms with van der Waals surface area (Å²) in [6.07, 6.45) is 0. The van der Waals surface area contributed by atoms with Gasteiger partial charge in [-0.15, -0.1) is 0 Å². The zero-order chi connectivity index (χ0) is 14.2. The number of carbonyl (C=O) groups is 1. The van der Waals surface area contributed by atoms with Crippen molar-refractivity contribution < 1.29 is 9.53 Å². The van der Waals surface area contributed by atoms with Crippen molar-refractivity contribution in [2.24, 2.45) is 0 Å². The van der Waals surface area contributed by atoms with Crippen LogP contribution in [0.2, 0.25) is 0 Å². The summed E-state index contributed by atoms with van der Waals surface area (Å²) >= 11 is 0. The monoisotopic (exact) mass is 263 g/mol. The number of piperazine rings is 1. The highest BCUT2D eigenvalue weighted by atomic mass is 16.5. The molecule has 5 heteroatoms. The van der Waals surface area contributed by atoms with Crippen molar-refractivity contribution in [2.75, 3.05) is 37.9 Å². The molecule has 1 aliphatic heterocycles. The van der Waals surface area contributed by atoms with Crippen LogP contribution in [-0.4, -0.2) is 43.6 Å². The quantitative estimate of drug-likeness (QED) is 0.818. The van der Waals surface area contributed by atoms with Crippen molar-refractivity contribution in [3.63, 3.8) is 0 Å². The van der Waals surface area contributed by atoms with E-state index in [-0.39, 0.29) is 5.91 Å². The minimum absolute atomic E-state index is 0.0981. The largest absolute Gasteiger partial charge is 0.495 e. The van der Waals surface area contributed by atoms with Crippen LogP contribution in [0.5, 0.6) is 5.75 Å². The molecule has 1 heterocycles. The predicted molar refractivity (Wildman–Crippen MR) is 76.5 cm³/mol. The van der Waals surface area contributed by atoms with Crippen LogP contribution in [0.4, 0.5) is 11.4 Å². The Labute approximate surface area is 113 Å². The van der Waals surface area contributed by atoms with E-state index in [1.807, 2.05) is 44.0 Å². The minimum atomic E-state index is -0.604. The van der Waals surface area contributed by atoms with Crippen LogP contribution in [0.25, 0.3) is 0 Å². The number of methoxy groups -OCH3 is 1. The Hall–Kier alpha value is -1.91. The first-order chi connectivity index (χ1) is 8.89. The topological polar surface area (TPSA) is 58.8 Å². The number of nitrogen functional groups attached to an aromatic ring is 1. The van der Waals surface area contributed by atoms with Crippen LogP contribution in [0.3, 0.4) is 0 Å². The second-order valence-corrected chi connectivity index (χ2v) is 5.33. The van der Waals surface area contributed by atoms with Gasteiger partial charge in [-0.1, -0.05) is 6.07 Å². The molecule has 19 heavy (non-hydrogen) atoms. The van der Waals surface area contributed by atoms with Crippen LogP contribution in [0.1, 0.15) is 13.8 Å². The second-order valence-electron chi connectivity index (χ2n) is 5.33. The molecule has 1 amide bonds. The van der Waals surface area contributed by atoms with Crippen molar-refractivity contribution in [1.29, 1.82) is 0 Å². The van der Waals surface area contributed by atoms with Gasteiger partial charge in [0.05, 0.1) is 18.5 Å². The number of carbonyl (C=O) groups excluding carboxylic acids is 1. The van der Waals surface area contributed by atoms with Crippen LogP contribution in [0.15, 0.2) is 18.2 Å². The van der Waals surface area contributed by atoms with E-state index in [1.165, 1.54) is 0 Å². The first-order valence-corrected chi connectivity index (χ1v) is 6.35. The second kappa shape index (κ2) is 4.64. The Morgan fingerprint density at radius 2 is 2.00 bits per heavy atom. The maximum atomic E-state index is 12.3. The summed E-state index contributed by atoms with van der Waals surface area (Å²) in [6.45, 7) is 5.29. The molecule has 1 fully saturated rings. The number of anilines is 2. The molecule has 2 N–H and O–H groups in total. The van der Waals surface area contributed by atoms with Crippen LogP contribution >= 0.6 is 0 Å². The third-order valence-electron chi connectivity index (χ3n) is 3.76. The van der Waals surface area contributed by atoms with Gasteiger partial charge in [-0.3, -0.25) is 4.79 Å². The van der Waals surface area contributed by atoms with Crippen molar-refractivity contribution >= 4 is 17.3 Å². The third-order valence-corrected chi connectivity index (χ3v) is 3.76. The number of nitrogens with two attached hydrogens (primary N) is 1. The zero-order valence-corrected chi connectivity index (χ0v) is 11.9. The molecule has 0 saturated carbocycles. The predicted octanol–water partition coefficient (Wildman–Crippen LogP) is 1.33. The Kier molecular flexibility index (Phi) is 3.30. The van der Waals surface area contributed by atoms with Crippen LogP contribution in [-0.2, 0) is 4.79 Å². The highest BCUT2D eigenvalue weighted by molar-refractivity contribution is 5.92. The van der Waals surface area contributed by atoms with Gasteiger partial charge in [0, 0.05) is 20.1 Å². The van der Waals surface area contributed by atoms with Gasteiger partial charge in [-0.2, -0.15) is 0 Å². The normalized spacial score (nSPS) is 18.6. The van der Waals surface area contributed by atoms with E-state index in [4.69, 9.17) is 10.5 Å². The number of hydrogen-bond donors (Lipinski definition) is 1. The molecule has 0 radical (unpaired) electrons. The van der Waals surface area contributed by atoms with E-state index >= 15 is 0 Å². The summed E-state index contributed by atoms with van der Waals surface area (Å²) in [7, 11) is 3.42. The van der Waals surface area contributed by atoms with Crippen LogP contribution in [0, 0.1) is 0 Å². The number of rotatable bonds is 2. The molecule has 5 nitrogen and oxygen atoms in total. The summed E-state index contributed by atoms with van der Waals surface area (Å²) in [4.78, 5) is 16.1. The maximum Gasteiger partial charge on any atom is 0.247 e. The number of hydrogen-bond acceptors (Lipinski definition) is 4. The Morgan fingerprint density at radius 1 is 1.32 bits per heavy atom. The minimum Gasteiger partial charge on any atom is -0.495 e. The highest BCUT2D eigenvalue weighted by Gasteiger charge is 2.41. The van der Waals surface area contributed by atoms with E-state index in [9.17, 15) is 4.79 Å². The van der Waals surface area contributed by atoms with Gasteiger partial charge in [-0.25, -0.2) is 0 Å². The molecule has 1 saturated heterocycles. The maximum absolute atomic E-state index is 12.3. The summed E-state index contributed by atoms with van der Waals surface area (Å²) < 4.78 is 5.25. The fraction of sp³-hybridized carbons (Fsp3) is 0.500.